The molecule has 0 spiro atoms. The lowest BCUT2D eigenvalue weighted by atomic mass is 9.79. The van der Waals surface area contributed by atoms with Crippen LogP contribution in [0.3, 0.4) is 0 Å². The molecule has 3 aromatic rings. The fraction of sp³-hybridized carbons (Fsp3) is 0.115. The molecule has 0 heterocycles. The Morgan fingerprint density at radius 1 is 0.593 bits per heavy atom. The molecule has 2 aliphatic carbocycles. The van der Waals surface area contributed by atoms with Crippen LogP contribution in [0.15, 0.2) is 90.5 Å². The van der Waals surface area contributed by atoms with Crippen LogP contribution in [0.5, 0.6) is 0 Å². The molecule has 1 heteroatoms. The lowest BCUT2D eigenvalue weighted by molar-refractivity contribution is -0.108. The van der Waals surface area contributed by atoms with Crippen LogP contribution in [0, 0.1) is 0 Å². The van der Waals surface area contributed by atoms with Crippen LogP contribution in [0.4, 0.5) is 0 Å². The van der Waals surface area contributed by atoms with E-state index in [1.54, 1.807) is 0 Å². The van der Waals surface area contributed by atoms with Gasteiger partial charge >= 0.3 is 0 Å². The Labute approximate surface area is 159 Å². The van der Waals surface area contributed by atoms with Gasteiger partial charge in [0.15, 0.2) is 5.78 Å². The highest BCUT2D eigenvalue weighted by Crippen LogP contribution is 2.58. The van der Waals surface area contributed by atoms with Gasteiger partial charge in [-0.25, -0.2) is 0 Å². The summed E-state index contributed by atoms with van der Waals surface area (Å²) >= 11 is 0. The molecule has 2 aliphatic rings. The van der Waals surface area contributed by atoms with Crippen molar-refractivity contribution in [2.75, 3.05) is 0 Å². The van der Waals surface area contributed by atoms with Gasteiger partial charge in [-0.3, -0.25) is 4.79 Å². The van der Waals surface area contributed by atoms with Gasteiger partial charge in [0.25, 0.3) is 0 Å². The van der Waals surface area contributed by atoms with Gasteiger partial charge in [-0.05, 0) is 33.4 Å². The van der Waals surface area contributed by atoms with Gasteiger partial charge < -0.3 is 0 Å². The Bertz CT molecular complexity index is 1130. The minimum Gasteiger partial charge on any atom is -0.289 e. The van der Waals surface area contributed by atoms with Crippen molar-refractivity contribution in [3.63, 3.8) is 0 Å². The summed E-state index contributed by atoms with van der Waals surface area (Å²) in [7, 11) is 0. The van der Waals surface area contributed by atoms with Gasteiger partial charge in [-0.15, -0.1) is 0 Å². The normalized spacial score (nSPS) is 17.3. The van der Waals surface area contributed by atoms with Crippen molar-refractivity contribution in [3.8, 4) is 0 Å². The SMILES string of the molecule is CC1(C)C2=C(c3ccccc3)C(=O)C(c3ccccc3)=C2c2ccccc21. The van der Waals surface area contributed by atoms with Crippen molar-refractivity contribution < 1.29 is 4.79 Å². The molecule has 1 nitrogen and oxygen atoms in total. The average Bonchev–Trinajstić information content (AvgIpc) is 3.13. The lowest BCUT2D eigenvalue weighted by Gasteiger charge is -2.23. The van der Waals surface area contributed by atoms with Crippen molar-refractivity contribution in [1.29, 1.82) is 0 Å². The zero-order valence-corrected chi connectivity index (χ0v) is 15.5. The molecule has 0 radical (unpaired) electrons. The summed E-state index contributed by atoms with van der Waals surface area (Å²) in [6.07, 6.45) is 0. The third-order valence-electron chi connectivity index (χ3n) is 5.82. The van der Waals surface area contributed by atoms with Gasteiger partial charge in [0.1, 0.15) is 0 Å². The highest BCUT2D eigenvalue weighted by atomic mass is 16.1. The zero-order chi connectivity index (χ0) is 18.6. The van der Waals surface area contributed by atoms with Gasteiger partial charge in [-0.1, -0.05) is 98.8 Å². The van der Waals surface area contributed by atoms with Crippen LogP contribution >= 0.6 is 0 Å². The van der Waals surface area contributed by atoms with Crippen molar-refractivity contribution in [2.45, 2.75) is 19.3 Å². The number of carbonyl (C=O) groups excluding carboxylic acids is 1. The first kappa shape index (κ1) is 16.0. The molecule has 0 saturated carbocycles. The van der Waals surface area contributed by atoms with Crippen LogP contribution in [-0.2, 0) is 10.2 Å². The van der Waals surface area contributed by atoms with Gasteiger partial charge in [0.2, 0.25) is 0 Å². The van der Waals surface area contributed by atoms with Crippen molar-refractivity contribution in [3.05, 3.63) is 113 Å². The number of fused-ring (bicyclic) bond motifs is 3. The monoisotopic (exact) mass is 348 g/mol. The second-order valence-electron chi connectivity index (χ2n) is 7.73. The zero-order valence-electron chi connectivity index (χ0n) is 15.5. The molecule has 0 saturated heterocycles. The average molecular weight is 348 g/mol. The molecular weight excluding hydrogens is 328 g/mol. The summed E-state index contributed by atoms with van der Waals surface area (Å²) in [4.78, 5) is 13.7. The van der Waals surface area contributed by atoms with Crippen LogP contribution in [0.25, 0.3) is 16.7 Å². The first-order valence-corrected chi connectivity index (χ1v) is 9.35. The second kappa shape index (κ2) is 5.65. The molecule has 0 amide bonds. The Morgan fingerprint density at radius 2 is 1.11 bits per heavy atom. The summed E-state index contributed by atoms with van der Waals surface area (Å²) in [5.41, 5.74) is 8.25. The largest absolute Gasteiger partial charge is 0.289 e. The minimum atomic E-state index is -0.205. The summed E-state index contributed by atoms with van der Waals surface area (Å²) in [5, 5.41) is 0. The van der Waals surface area contributed by atoms with Crippen molar-refractivity contribution >= 4 is 22.5 Å². The fourth-order valence-electron chi connectivity index (χ4n) is 4.64. The Hall–Kier alpha value is -3.19. The lowest BCUT2D eigenvalue weighted by Crippen LogP contribution is -2.17. The second-order valence-corrected chi connectivity index (χ2v) is 7.73. The van der Waals surface area contributed by atoms with Crippen molar-refractivity contribution in [1.82, 2.24) is 0 Å². The molecular formula is C26H20O. The van der Waals surface area contributed by atoms with E-state index in [1.165, 1.54) is 16.7 Å². The number of hydrogen-bond donors (Lipinski definition) is 0. The molecule has 0 aliphatic heterocycles. The third kappa shape index (κ3) is 2.15. The van der Waals surface area contributed by atoms with Gasteiger partial charge in [0.05, 0.1) is 0 Å². The smallest absolute Gasteiger partial charge is 0.195 e. The highest BCUT2D eigenvalue weighted by Gasteiger charge is 2.47. The Balaban J connectivity index is 1.89. The number of benzene rings is 3. The molecule has 27 heavy (non-hydrogen) atoms. The van der Waals surface area contributed by atoms with E-state index in [-0.39, 0.29) is 11.2 Å². The standard InChI is InChI=1S/C26H20O/c1-26(2)20-16-10-9-15-19(20)23-21(17-11-5-3-6-12-17)25(27)22(24(23)26)18-13-7-4-8-14-18/h3-16H,1-2H3. The van der Waals surface area contributed by atoms with Gasteiger partial charge in [0, 0.05) is 16.6 Å². The van der Waals surface area contributed by atoms with E-state index in [4.69, 9.17) is 0 Å². The Morgan fingerprint density at radius 3 is 1.74 bits per heavy atom. The molecule has 0 N–H and O–H groups in total. The molecule has 0 fully saturated rings. The van der Waals surface area contributed by atoms with E-state index in [1.807, 2.05) is 60.7 Å². The minimum absolute atomic E-state index is 0.139. The summed E-state index contributed by atoms with van der Waals surface area (Å²) < 4.78 is 0. The predicted molar refractivity (Wildman–Crippen MR) is 111 cm³/mol. The summed E-state index contributed by atoms with van der Waals surface area (Å²) in [6.45, 7) is 4.47. The van der Waals surface area contributed by atoms with Crippen LogP contribution in [-0.4, -0.2) is 5.78 Å². The first-order valence-electron chi connectivity index (χ1n) is 9.35. The first-order chi connectivity index (χ1) is 13.1. The maximum absolute atomic E-state index is 13.7. The van der Waals surface area contributed by atoms with Crippen LogP contribution in [0.2, 0.25) is 0 Å². The van der Waals surface area contributed by atoms with Gasteiger partial charge in [-0.2, -0.15) is 0 Å². The highest BCUT2D eigenvalue weighted by molar-refractivity contribution is 6.53. The molecule has 3 aromatic carbocycles. The topological polar surface area (TPSA) is 17.1 Å². The molecule has 130 valence electrons. The van der Waals surface area contributed by atoms with E-state index in [0.29, 0.717) is 0 Å². The fourth-order valence-corrected chi connectivity index (χ4v) is 4.64. The molecule has 0 aromatic heterocycles. The Kier molecular flexibility index (Phi) is 3.35. The van der Waals surface area contributed by atoms with Crippen LogP contribution in [0.1, 0.15) is 36.1 Å². The maximum Gasteiger partial charge on any atom is 0.195 e. The molecule has 0 unspecified atom stereocenters. The van der Waals surface area contributed by atoms with E-state index in [9.17, 15) is 4.79 Å². The quantitative estimate of drug-likeness (QED) is 0.561. The number of hydrogen-bond acceptors (Lipinski definition) is 1. The number of ketones is 1. The summed E-state index contributed by atoms with van der Waals surface area (Å²) in [5.74, 6) is 0.139. The van der Waals surface area contributed by atoms with E-state index in [0.717, 1.165) is 27.8 Å². The maximum atomic E-state index is 13.7. The molecule has 0 atom stereocenters. The number of carbonyl (C=O) groups is 1. The van der Waals surface area contributed by atoms with Crippen molar-refractivity contribution in [2.24, 2.45) is 0 Å². The predicted octanol–water partition coefficient (Wildman–Crippen LogP) is 5.93. The molecule has 5 rings (SSSR count). The number of Topliss-reactive ketones (excluding diaryl/α,β-unsaturated/α-hetero) is 1. The number of allylic oxidation sites excluding steroid dienone is 4. The van der Waals surface area contributed by atoms with E-state index >= 15 is 0 Å². The number of rotatable bonds is 2. The third-order valence-corrected chi connectivity index (χ3v) is 5.82. The van der Waals surface area contributed by atoms with Crippen LogP contribution < -0.4 is 0 Å². The van der Waals surface area contributed by atoms with E-state index < -0.39 is 0 Å². The molecule has 0 bridgehead atoms. The van der Waals surface area contributed by atoms with E-state index in [2.05, 4.69) is 38.1 Å². The summed E-state index contributed by atoms with van der Waals surface area (Å²) in [6, 6.07) is 28.7.